The molecule has 1 fully saturated rings. The molecule has 1 aliphatic rings. The zero-order valence-electron chi connectivity index (χ0n) is 13.1. The number of methoxy groups -OCH3 is 2. The van der Waals surface area contributed by atoms with Crippen molar-refractivity contribution in [1.29, 1.82) is 0 Å². The molecule has 0 aliphatic heterocycles. The molecule has 4 nitrogen and oxygen atoms in total. The van der Waals surface area contributed by atoms with Gasteiger partial charge < -0.3 is 14.4 Å². The number of ether oxygens (including phenoxy) is 2. The van der Waals surface area contributed by atoms with Crippen molar-refractivity contribution in [3.8, 4) is 11.5 Å². The molecule has 1 aromatic carbocycles. The van der Waals surface area contributed by atoms with E-state index in [2.05, 4.69) is 0 Å². The lowest BCUT2D eigenvalue weighted by atomic mass is 10.1. The van der Waals surface area contributed by atoms with Crippen LogP contribution in [0.5, 0.6) is 11.5 Å². The number of thioether (sulfide) groups is 1. The van der Waals surface area contributed by atoms with Gasteiger partial charge in [-0.15, -0.1) is 0 Å². The third-order valence-corrected chi connectivity index (χ3v) is 4.71. The standard InChI is InChI=1S/C16H23NO3S/c1-11(21-4)16(18)17(13-5-6-13)10-12-9-14(19-2)7-8-15(12)20-3/h7-9,11,13H,5-6,10H2,1-4H3/t11-/m0/s1. The van der Waals surface area contributed by atoms with Crippen LogP contribution in [0.1, 0.15) is 25.3 Å². The Labute approximate surface area is 130 Å². The molecule has 1 saturated carbocycles. The number of carbonyl (C=O) groups excluding carboxylic acids is 1. The second-order valence-electron chi connectivity index (χ2n) is 5.25. The van der Waals surface area contributed by atoms with E-state index in [1.165, 1.54) is 0 Å². The van der Waals surface area contributed by atoms with E-state index in [0.717, 1.165) is 29.9 Å². The normalized spacial score (nSPS) is 15.4. The highest BCUT2D eigenvalue weighted by Gasteiger charge is 2.34. The van der Waals surface area contributed by atoms with E-state index in [4.69, 9.17) is 9.47 Å². The van der Waals surface area contributed by atoms with E-state index in [1.807, 2.05) is 36.3 Å². The monoisotopic (exact) mass is 309 g/mol. The zero-order valence-corrected chi connectivity index (χ0v) is 13.9. The van der Waals surface area contributed by atoms with Crippen molar-refractivity contribution in [3.05, 3.63) is 23.8 Å². The summed E-state index contributed by atoms with van der Waals surface area (Å²) in [6.45, 7) is 2.54. The minimum atomic E-state index is -0.0118. The summed E-state index contributed by atoms with van der Waals surface area (Å²) < 4.78 is 10.7. The first-order valence-electron chi connectivity index (χ1n) is 7.14. The smallest absolute Gasteiger partial charge is 0.235 e. The van der Waals surface area contributed by atoms with E-state index in [-0.39, 0.29) is 11.2 Å². The molecule has 1 aliphatic carbocycles. The molecule has 0 aromatic heterocycles. The second kappa shape index (κ2) is 7.07. The SMILES string of the molecule is COc1ccc(OC)c(CN(C(=O)[C@H](C)SC)C2CC2)c1. The molecule has 0 bridgehead atoms. The predicted molar refractivity (Wildman–Crippen MR) is 86.1 cm³/mol. The Morgan fingerprint density at radius 2 is 2.10 bits per heavy atom. The number of amides is 1. The maximum absolute atomic E-state index is 12.5. The quantitative estimate of drug-likeness (QED) is 0.776. The van der Waals surface area contributed by atoms with Crippen LogP contribution >= 0.6 is 11.8 Å². The van der Waals surface area contributed by atoms with Crippen LogP contribution in [0.15, 0.2) is 18.2 Å². The summed E-state index contributed by atoms with van der Waals surface area (Å²) in [4.78, 5) is 14.5. The molecule has 0 saturated heterocycles. The molecule has 0 spiro atoms. The van der Waals surface area contributed by atoms with Crippen LogP contribution < -0.4 is 9.47 Å². The van der Waals surface area contributed by atoms with Gasteiger partial charge in [-0.1, -0.05) is 0 Å². The summed E-state index contributed by atoms with van der Waals surface area (Å²) in [6.07, 6.45) is 4.16. The number of rotatable bonds is 7. The molecule has 1 aromatic rings. The average Bonchev–Trinajstić information content (AvgIpc) is 3.35. The minimum Gasteiger partial charge on any atom is -0.497 e. The lowest BCUT2D eigenvalue weighted by Crippen LogP contribution is -2.37. The molecule has 21 heavy (non-hydrogen) atoms. The van der Waals surface area contributed by atoms with Gasteiger partial charge in [0.15, 0.2) is 0 Å². The Hall–Kier alpha value is -1.36. The van der Waals surface area contributed by atoms with Gasteiger partial charge in [-0.05, 0) is 44.2 Å². The summed E-state index contributed by atoms with van der Waals surface area (Å²) >= 11 is 1.59. The summed E-state index contributed by atoms with van der Waals surface area (Å²) in [5.74, 6) is 1.79. The molecule has 5 heteroatoms. The van der Waals surface area contributed by atoms with E-state index in [1.54, 1.807) is 26.0 Å². The summed E-state index contributed by atoms with van der Waals surface area (Å²) in [5, 5.41) is -0.0118. The first-order chi connectivity index (χ1) is 10.1. The van der Waals surface area contributed by atoms with Gasteiger partial charge in [0.2, 0.25) is 5.91 Å². The summed E-state index contributed by atoms with van der Waals surface area (Å²) in [7, 11) is 3.30. The van der Waals surface area contributed by atoms with Crippen molar-refractivity contribution < 1.29 is 14.3 Å². The fraction of sp³-hybridized carbons (Fsp3) is 0.562. The van der Waals surface area contributed by atoms with Gasteiger partial charge in [-0.2, -0.15) is 11.8 Å². The van der Waals surface area contributed by atoms with E-state index in [0.29, 0.717) is 12.6 Å². The Morgan fingerprint density at radius 1 is 1.38 bits per heavy atom. The van der Waals surface area contributed by atoms with Crippen molar-refractivity contribution in [3.63, 3.8) is 0 Å². The van der Waals surface area contributed by atoms with Crippen LogP contribution in [-0.4, -0.2) is 42.6 Å². The van der Waals surface area contributed by atoms with Gasteiger partial charge in [0.25, 0.3) is 0 Å². The minimum absolute atomic E-state index is 0.0118. The van der Waals surface area contributed by atoms with Crippen LogP contribution in [0.3, 0.4) is 0 Å². The van der Waals surface area contributed by atoms with Crippen LogP contribution in [-0.2, 0) is 11.3 Å². The molecular weight excluding hydrogens is 286 g/mol. The average molecular weight is 309 g/mol. The maximum Gasteiger partial charge on any atom is 0.235 e. The Bertz CT molecular complexity index is 502. The third-order valence-electron chi connectivity index (χ3n) is 3.80. The van der Waals surface area contributed by atoms with Crippen molar-refractivity contribution in [1.82, 2.24) is 4.90 Å². The van der Waals surface area contributed by atoms with Crippen molar-refractivity contribution in [2.45, 2.75) is 37.6 Å². The van der Waals surface area contributed by atoms with Crippen LogP contribution in [0.25, 0.3) is 0 Å². The van der Waals surface area contributed by atoms with Crippen molar-refractivity contribution in [2.24, 2.45) is 0 Å². The topological polar surface area (TPSA) is 38.8 Å². The summed E-state index contributed by atoms with van der Waals surface area (Å²) in [5.41, 5.74) is 0.991. The van der Waals surface area contributed by atoms with E-state index >= 15 is 0 Å². The maximum atomic E-state index is 12.5. The second-order valence-corrected chi connectivity index (χ2v) is 6.43. The number of hydrogen-bond donors (Lipinski definition) is 0. The van der Waals surface area contributed by atoms with Gasteiger partial charge in [0.05, 0.1) is 19.5 Å². The van der Waals surface area contributed by atoms with E-state index < -0.39 is 0 Å². The van der Waals surface area contributed by atoms with Gasteiger partial charge in [0, 0.05) is 18.2 Å². The molecule has 0 unspecified atom stereocenters. The Morgan fingerprint density at radius 3 is 2.62 bits per heavy atom. The first-order valence-corrected chi connectivity index (χ1v) is 8.43. The molecule has 2 rings (SSSR count). The number of benzene rings is 1. The largest absolute Gasteiger partial charge is 0.497 e. The van der Waals surface area contributed by atoms with E-state index in [9.17, 15) is 4.79 Å². The summed E-state index contributed by atoms with van der Waals surface area (Å²) in [6, 6.07) is 6.09. The highest BCUT2D eigenvalue weighted by Crippen LogP contribution is 2.33. The fourth-order valence-electron chi connectivity index (χ4n) is 2.30. The number of carbonyl (C=O) groups is 1. The van der Waals surface area contributed by atoms with Gasteiger partial charge in [0.1, 0.15) is 11.5 Å². The fourth-order valence-corrected chi connectivity index (χ4v) is 2.63. The molecule has 1 amide bonds. The Kier molecular flexibility index (Phi) is 5.39. The lowest BCUT2D eigenvalue weighted by Gasteiger charge is -2.26. The van der Waals surface area contributed by atoms with Crippen molar-refractivity contribution in [2.75, 3.05) is 20.5 Å². The highest BCUT2D eigenvalue weighted by molar-refractivity contribution is 7.99. The lowest BCUT2D eigenvalue weighted by molar-refractivity contribution is -0.131. The number of hydrogen-bond acceptors (Lipinski definition) is 4. The van der Waals surface area contributed by atoms with Crippen molar-refractivity contribution >= 4 is 17.7 Å². The molecule has 0 N–H and O–H groups in total. The molecule has 0 radical (unpaired) electrons. The molecular formula is C16H23NO3S. The van der Waals surface area contributed by atoms with Gasteiger partial charge >= 0.3 is 0 Å². The highest BCUT2D eigenvalue weighted by atomic mass is 32.2. The Balaban J connectivity index is 2.22. The zero-order chi connectivity index (χ0) is 15.4. The first kappa shape index (κ1) is 16.0. The van der Waals surface area contributed by atoms with Gasteiger partial charge in [-0.25, -0.2) is 0 Å². The third kappa shape index (κ3) is 3.84. The number of nitrogens with zero attached hydrogens (tertiary/aromatic N) is 1. The molecule has 116 valence electrons. The van der Waals surface area contributed by atoms with Crippen LogP contribution in [0, 0.1) is 0 Å². The van der Waals surface area contributed by atoms with Crippen LogP contribution in [0.2, 0.25) is 0 Å². The molecule has 0 heterocycles. The predicted octanol–water partition coefficient (Wildman–Crippen LogP) is 2.95. The molecule has 1 atom stereocenters. The van der Waals surface area contributed by atoms with Crippen LogP contribution in [0.4, 0.5) is 0 Å². The van der Waals surface area contributed by atoms with Gasteiger partial charge in [-0.3, -0.25) is 4.79 Å².